The topological polar surface area (TPSA) is 58.6 Å². The van der Waals surface area contributed by atoms with Gasteiger partial charge in [-0.05, 0) is 54.8 Å². The van der Waals surface area contributed by atoms with Crippen molar-refractivity contribution < 1.29 is 14.3 Å². The van der Waals surface area contributed by atoms with Crippen LogP contribution in [0.5, 0.6) is 5.75 Å². The van der Waals surface area contributed by atoms with E-state index in [0.29, 0.717) is 23.3 Å². The molecule has 2 aliphatic rings. The van der Waals surface area contributed by atoms with E-state index in [0.717, 1.165) is 35.5 Å². The maximum absolute atomic E-state index is 14.0. The van der Waals surface area contributed by atoms with Crippen LogP contribution >= 0.6 is 0 Å². The zero-order chi connectivity index (χ0) is 22.1. The number of nitrogens with zero attached hydrogens (tertiary/aromatic N) is 1. The second-order valence-electron chi connectivity index (χ2n) is 8.03. The van der Waals surface area contributed by atoms with E-state index >= 15 is 0 Å². The van der Waals surface area contributed by atoms with E-state index < -0.39 is 6.04 Å². The van der Waals surface area contributed by atoms with Crippen LogP contribution in [0.2, 0.25) is 0 Å². The third-order valence-electron chi connectivity index (χ3n) is 6.11. The Bertz CT molecular complexity index is 1200. The van der Waals surface area contributed by atoms with Crippen LogP contribution in [0.15, 0.2) is 90.1 Å². The van der Waals surface area contributed by atoms with Gasteiger partial charge in [0.25, 0.3) is 5.91 Å². The highest BCUT2D eigenvalue weighted by atomic mass is 16.5. The Labute approximate surface area is 187 Å². The molecule has 1 aliphatic heterocycles. The minimum atomic E-state index is -0.509. The molecule has 1 atom stereocenters. The number of hydrogen-bond acceptors (Lipinski definition) is 4. The van der Waals surface area contributed by atoms with Crippen LogP contribution < -0.4 is 15.0 Å². The van der Waals surface area contributed by atoms with Gasteiger partial charge in [-0.2, -0.15) is 0 Å². The number of carbonyl (C=O) groups is 2. The van der Waals surface area contributed by atoms with Gasteiger partial charge in [-0.3, -0.25) is 14.5 Å². The number of ether oxygens (including phenoxy) is 1. The molecule has 5 nitrogen and oxygen atoms in total. The number of para-hydroxylation sites is 2. The van der Waals surface area contributed by atoms with Crippen LogP contribution in [0.25, 0.3) is 0 Å². The zero-order valence-corrected chi connectivity index (χ0v) is 17.9. The summed E-state index contributed by atoms with van der Waals surface area (Å²) in [5, 5.41) is 3.49. The molecule has 32 heavy (non-hydrogen) atoms. The Morgan fingerprint density at radius 1 is 0.938 bits per heavy atom. The van der Waals surface area contributed by atoms with Gasteiger partial charge in [-0.15, -0.1) is 0 Å². The zero-order valence-electron chi connectivity index (χ0n) is 17.9. The molecule has 3 aromatic carbocycles. The van der Waals surface area contributed by atoms with E-state index in [1.165, 1.54) is 0 Å². The standard InChI is InChI=1S/C27H24N2O3/c1-32-20-16-14-19(15-17-20)27(31)29-23-12-6-5-10-21(23)28-22-11-7-13-24(30)25(22)26(29)18-8-3-2-4-9-18/h2-6,8-10,12,14-17,26,28H,7,11,13H2,1H3. The molecule has 5 heteroatoms. The molecule has 1 heterocycles. The van der Waals surface area contributed by atoms with Crippen molar-refractivity contribution in [3.8, 4) is 5.75 Å². The summed E-state index contributed by atoms with van der Waals surface area (Å²) in [4.78, 5) is 29.0. The summed E-state index contributed by atoms with van der Waals surface area (Å²) in [6.07, 6.45) is 2.08. The van der Waals surface area contributed by atoms with Crippen LogP contribution in [-0.2, 0) is 4.79 Å². The van der Waals surface area contributed by atoms with Crippen molar-refractivity contribution in [2.75, 3.05) is 17.3 Å². The predicted octanol–water partition coefficient (Wildman–Crippen LogP) is 5.52. The molecule has 1 N–H and O–H groups in total. The fraction of sp³-hybridized carbons (Fsp3) is 0.185. The van der Waals surface area contributed by atoms with Crippen LogP contribution in [0.3, 0.4) is 0 Å². The second-order valence-corrected chi connectivity index (χ2v) is 8.03. The predicted molar refractivity (Wildman–Crippen MR) is 125 cm³/mol. The third-order valence-corrected chi connectivity index (χ3v) is 6.11. The molecule has 5 rings (SSSR count). The fourth-order valence-electron chi connectivity index (χ4n) is 4.58. The number of amides is 1. The summed E-state index contributed by atoms with van der Waals surface area (Å²) >= 11 is 0. The van der Waals surface area contributed by atoms with Gasteiger partial charge < -0.3 is 10.1 Å². The molecule has 0 bridgehead atoms. The van der Waals surface area contributed by atoms with E-state index in [1.807, 2.05) is 54.6 Å². The van der Waals surface area contributed by atoms with Crippen LogP contribution in [0.1, 0.15) is 41.2 Å². The molecular weight excluding hydrogens is 400 g/mol. The number of fused-ring (bicyclic) bond motifs is 1. The van der Waals surface area contributed by atoms with Crippen LogP contribution in [0, 0.1) is 0 Å². The smallest absolute Gasteiger partial charge is 0.259 e. The molecule has 0 aromatic heterocycles. The van der Waals surface area contributed by atoms with Crippen molar-refractivity contribution in [2.24, 2.45) is 0 Å². The van der Waals surface area contributed by atoms with Gasteiger partial charge in [0.1, 0.15) is 5.75 Å². The van der Waals surface area contributed by atoms with Crippen molar-refractivity contribution >= 4 is 23.1 Å². The number of rotatable bonds is 3. The van der Waals surface area contributed by atoms with Crippen molar-refractivity contribution in [1.29, 1.82) is 0 Å². The highest BCUT2D eigenvalue weighted by molar-refractivity contribution is 6.11. The molecule has 1 aliphatic carbocycles. The third kappa shape index (κ3) is 3.46. The van der Waals surface area contributed by atoms with Gasteiger partial charge in [0, 0.05) is 23.3 Å². The largest absolute Gasteiger partial charge is 0.497 e. The van der Waals surface area contributed by atoms with Crippen LogP contribution in [-0.4, -0.2) is 18.8 Å². The van der Waals surface area contributed by atoms with E-state index in [4.69, 9.17) is 4.74 Å². The number of nitrogens with one attached hydrogen (secondary N) is 1. The molecule has 0 saturated heterocycles. The fourth-order valence-corrected chi connectivity index (χ4v) is 4.58. The van der Waals surface area contributed by atoms with E-state index in [2.05, 4.69) is 5.32 Å². The van der Waals surface area contributed by atoms with Crippen molar-refractivity contribution in [1.82, 2.24) is 0 Å². The van der Waals surface area contributed by atoms with Gasteiger partial charge in [0.2, 0.25) is 0 Å². The second kappa shape index (κ2) is 8.35. The maximum Gasteiger partial charge on any atom is 0.259 e. The Morgan fingerprint density at radius 2 is 1.66 bits per heavy atom. The number of methoxy groups -OCH3 is 1. The molecule has 160 valence electrons. The maximum atomic E-state index is 14.0. The molecule has 0 spiro atoms. The minimum absolute atomic E-state index is 0.0907. The summed E-state index contributed by atoms with van der Waals surface area (Å²) in [7, 11) is 1.60. The summed E-state index contributed by atoms with van der Waals surface area (Å²) in [6.45, 7) is 0. The summed E-state index contributed by atoms with van der Waals surface area (Å²) < 4.78 is 5.26. The monoisotopic (exact) mass is 424 g/mol. The number of Topliss-reactive ketones (excluding diaryl/α,β-unsaturated/α-hetero) is 1. The number of benzene rings is 3. The average molecular weight is 425 g/mol. The Balaban J connectivity index is 1.74. The molecule has 0 saturated carbocycles. The van der Waals surface area contributed by atoms with E-state index in [9.17, 15) is 9.59 Å². The average Bonchev–Trinajstić information content (AvgIpc) is 2.99. The van der Waals surface area contributed by atoms with E-state index in [-0.39, 0.29) is 11.7 Å². The highest BCUT2D eigenvalue weighted by Gasteiger charge is 2.39. The first-order valence-corrected chi connectivity index (χ1v) is 10.8. The molecule has 0 radical (unpaired) electrons. The normalized spacial score (nSPS) is 17.7. The lowest BCUT2D eigenvalue weighted by molar-refractivity contribution is -0.116. The number of anilines is 2. The molecule has 0 fully saturated rings. The van der Waals surface area contributed by atoms with E-state index in [1.54, 1.807) is 36.3 Å². The SMILES string of the molecule is COc1ccc(C(=O)N2c3ccccc3NC3=C(C(=O)CCC3)C2c2ccccc2)cc1. The first-order chi connectivity index (χ1) is 15.7. The van der Waals surface area contributed by atoms with Crippen molar-refractivity contribution in [3.05, 3.63) is 101 Å². The van der Waals surface area contributed by atoms with Crippen molar-refractivity contribution in [2.45, 2.75) is 25.3 Å². The van der Waals surface area contributed by atoms with Crippen molar-refractivity contribution in [3.63, 3.8) is 0 Å². The van der Waals surface area contributed by atoms with Gasteiger partial charge in [0.15, 0.2) is 5.78 Å². The van der Waals surface area contributed by atoms with Crippen LogP contribution in [0.4, 0.5) is 11.4 Å². The molecule has 3 aromatic rings. The quantitative estimate of drug-likeness (QED) is 0.602. The van der Waals surface area contributed by atoms with Gasteiger partial charge in [0.05, 0.1) is 24.5 Å². The summed E-state index contributed by atoms with van der Waals surface area (Å²) in [6, 6.07) is 24.1. The van der Waals surface area contributed by atoms with Gasteiger partial charge in [-0.25, -0.2) is 0 Å². The Hall–Kier alpha value is -3.86. The number of allylic oxidation sites excluding steroid dienone is 1. The number of ketones is 1. The molecular formula is C27H24N2O3. The van der Waals surface area contributed by atoms with Gasteiger partial charge in [-0.1, -0.05) is 42.5 Å². The minimum Gasteiger partial charge on any atom is -0.497 e. The summed E-state index contributed by atoms with van der Waals surface area (Å²) in [5.41, 5.74) is 4.62. The molecule has 1 unspecified atom stereocenters. The number of carbonyl (C=O) groups excluding carboxylic acids is 2. The highest BCUT2D eigenvalue weighted by Crippen LogP contribution is 2.45. The molecule has 1 amide bonds. The first kappa shape index (κ1) is 20.1. The summed E-state index contributed by atoms with van der Waals surface area (Å²) in [5.74, 6) is 0.613. The first-order valence-electron chi connectivity index (χ1n) is 10.8. The lowest BCUT2D eigenvalue weighted by atomic mass is 9.85. The number of hydrogen-bond donors (Lipinski definition) is 1. The van der Waals surface area contributed by atoms with Gasteiger partial charge >= 0.3 is 0 Å². The lowest BCUT2D eigenvalue weighted by Crippen LogP contribution is -2.38. The lowest BCUT2D eigenvalue weighted by Gasteiger charge is -2.34. The Kier molecular flexibility index (Phi) is 5.23. The Morgan fingerprint density at radius 3 is 2.41 bits per heavy atom.